The zero-order valence-corrected chi connectivity index (χ0v) is 37.7. The quantitative estimate of drug-likeness (QED) is 0.0324. The number of nitrogens with one attached hydrogen (secondary N) is 1. The maximum absolute atomic E-state index is 13.2. The summed E-state index contributed by atoms with van der Waals surface area (Å²) < 4.78 is 5.90. The van der Waals surface area contributed by atoms with Gasteiger partial charge in [0.25, 0.3) is 0 Å². The van der Waals surface area contributed by atoms with E-state index in [0.717, 1.165) is 70.6 Å². The summed E-state index contributed by atoms with van der Waals surface area (Å²) in [6, 6.07) is -0.707. The van der Waals surface area contributed by atoms with Gasteiger partial charge in [-0.2, -0.15) is 0 Å². The molecule has 0 fully saturated rings. The Hall–Kier alpha value is -2.18. The summed E-state index contributed by atoms with van der Waals surface area (Å²) >= 11 is 0. The number of hydrogen-bond acceptors (Lipinski definition) is 5. The summed E-state index contributed by atoms with van der Waals surface area (Å²) in [5, 5.41) is 23.7. The molecule has 332 valence electrons. The van der Waals surface area contributed by atoms with Crippen LogP contribution in [0.15, 0.2) is 48.6 Å². The van der Waals surface area contributed by atoms with Crippen molar-refractivity contribution in [3.8, 4) is 0 Å². The number of rotatable bonds is 43. The largest absolute Gasteiger partial charge is 0.462 e. The van der Waals surface area contributed by atoms with E-state index in [1.165, 1.54) is 122 Å². The maximum atomic E-state index is 13.2. The summed E-state index contributed by atoms with van der Waals surface area (Å²) in [6.07, 6.45) is 53.1. The lowest BCUT2D eigenvalue weighted by molar-refractivity contribution is -0.151. The van der Waals surface area contributed by atoms with E-state index in [1.54, 1.807) is 0 Å². The summed E-state index contributed by atoms with van der Waals surface area (Å²) in [6.45, 7) is 6.33. The highest BCUT2D eigenvalue weighted by atomic mass is 16.5. The van der Waals surface area contributed by atoms with E-state index >= 15 is 0 Å². The summed E-state index contributed by atoms with van der Waals surface area (Å²) in [5.41, 5.74) is 0. The van der Waals surface area contributed by atoms with Crippen molar-refractivity contribution in [3.63, 3.8) is 0 Å². The lowest BCUT2D eigenvalue weighted by Gasteiger charge is -2.24. The fraction of sp³-hybridized carbons (Fsp3) is 0.804. The third kappa shape index (κ3) is 40.4. The van der Waals surface area contributed by atoms with E-state index in [9.17, 15) is 19.8 Å². The number of aliphatic hydroxyl groups excluding tert-OH is 2. The molecule has 1 amide bonds. The molecule has 0 aromatic heterocycles. The van der Waals surface area contributed by atoms with Crippen LogP contribution in [0.5, 0.6) is 0 Å². The molecule has 6 heteroatoms. The van der Waals surface area contributed by atoms with Crippen LogP contribution in [-0.2, 0) is 14.3 Å². The molecule has 0 radical (unpaired) electrons. The average Bonchev–Trinajstić information content (AvgIpc) is 3.20. The van der Waals surface area contributed by atoms with E-state index in [-0.39, 0.29) is 24.9 Å². The molecule has 0 saturated heterocycles. The van der Waals surface area contributed by atoms with E-state index in [4.69, 9.17) is 4.74 Å². The van der Waals surface area contributed by atoms with Crippen molar-refractivity contribution in [2.75, 3.05) is 6.61 Å². The highest BCUT2D eigenvalue weighted by Crippen LogP contribution is 2.18. The van der Waals surface area contributed by atoms with Crippen LogP contribution in [0.4, 0.5) is 0 Å². The van der Waals surface area contributed by atoms with E-state index in [0.29, 0.717) is 19.3 Å². The fourth-order valence-electron chi connectivity index (χ4n) is 7.32. The van der Waals surface area contributed by atoms with Crippen molar-refractivity contribution in [2.45, 2.75) is 257 Å². The minimum absolute atomic E-state index is 0.0636. The van der Waals surface area contributed by atoms with E-state index in [1.807, 2.05) is 24.3 Å². The molecular formula is C51H93NO5. The Kier molecular flexibility index (Phi) is 43.2. The number of allylic oxidation sites excluding steroid dienone is 8. The molecule has 0 aliphatic carbocycles. The molecule has 0 saturated carbocycles. The molecule has 0 aliphatic heterocycles. The summed E-state index contributed by atoms with van der Waals surface area (Å²) in [7, 11) is 0. The van der Waals surface area contributed by atoms with Gasteiger partial charge >= 0.3 is 5.97 Å². The number of carbonyl (C=O) groups is 2. The van der Waals surface area contributed by atoms with Crippen molar-refractivity contribution >= 4 is 11.9 Å². The summed E-state index contributed by atoms with van der Waals surface area (Å²) in [5.74, 6) is -0.515. The van der Waals surface area contributed by atoms with Crippen LogP contribution >= 0.6 is 0 Å². The van der Waals surface area contributed by atoms with Crippen molar-refractivity contribution in [1.29, 1.82) is 0 Å². The highest BCUT2D eigenvalue weighted by molar-refractivity contribution is 5.77. The Morgan fingerprint density at radius 1 is 0.526 bits per heavy atom. The SMILES string of the molecule is CC/C=C/C=C/C=C\C=C/CCCCCC(=O)OC(CCCCCCCCCCCCCC)CC(=O)NC(CO)C(O)CCCCCCCCCCCCCCC. The second-order valence-corrected chi connectivity index (χ2v) is 16.6. The van der Waals surface area contributed by atoms with Gasteiger partial charge in [-0.1, -0.05) is 230 Å². The number of hydrogen-bond donors (Lipinski definition) is 3. The van der Waals surface area contributed by atoms with Gasteiger partial charge in [-0.3, -0.25) is 9.59 Å². The van der Waals surface area contributed by atoms with Crippen LogP contribution in [0.2, 0.25) is 0 Å². The number of aliphatic hydroxyl groups is 2. The number of unbranched alkanes of at least 4 members (excludes halogenated alkanes) is 26. The van der Waals surface area contributed by atoms with Gasteiger partial charge in [0.2, 0.25) is 5.91 Å². The van der Waals surface area contributed by atoms with Crippen molar-refractivity contribution in [3.05, 3.63) is 48.6 Å². The molecular weight excluding hydrogens is 707 g/mol. The first-order valence-electron chi connectivity index (χ1n) is 24.4. The predicted molar refractivity (Wildman–Crippen MR) is 245 cm³/mol. The molecule has 0 aromatic rings. The van der Waals surface area contributed by atoms with Crippen molar-refractivity contribution in [1.82, 2.24) is 5.32 Å². The Balaban J connectivity index is 4.61. The average molecular weight is 800 g/mol. The number of carbonyl (C=O) groups excluding carboxylic acids is 2. The first kappa shape index (κ1) is 54.8. The Bertz CT molecular complexity index is 988. The van der Waals surface area contributed by atoms with Gasteiger partial charge in [0.1, 0.15) is 6.10 Å². The topological polar surface area (TPSA) is 95.9 Å². The van der Waals surface area contributed by atoms with Crippen LogP contribution in [0.3, 0.4) is 0 Å². The molecule has 0 rings (SSSR count). The lowest BCUT2D eigenvalue weighted by Crippen LogP contribution is -2.46. The highest BCUT2D eigenvalue weighted by Gasteiger charge is 2.24. The molecule has 0 bridgehead atoms. The maximum Gasteiger partial charge on any atom is 0.306 e. The summed E-state index contributed by atoms with van der Waals surface area (Å²) in [4.78, 5) is 26.0. The van der Waals surface area contributed by atoms with Crippen molar-refractivity contribution < 1.29 is 24.5 Å². The number of ether oxygens (including phenoxy) is 1. The predicted octanol–water partition coefficient (Wildman–Crippen LogP) is 14.3. The van der Waals surface area contributed by atoms with Gasteiger partial charge in [-0.25, -0.2) is 0 Å². The minimum atomic E-state index is -0.792. The molecule has 57 heavy (non-hydrogen) atoms. The second-order valence-electron chi connectivity index (χ2n) is 16.6. The zero-order valence-electron chi connectivity index (χ0n) is 37.7. The molecule has 0 aliphatic rings. The van der Waals surface area contributed by atoms with Crippen LogP contribution in [-0.4, -0.2) is 46.9 Å². The fourth-order valence-corrected chi connectivity index (χ4v) is 7.32. The Labute approximate surface area is 353 Å². The number of esters is 1. The molecule has 0 spiro atoms. The van der Waals surface area contributed by atoms with E-state index in [2.05, 4.69) is 50.4 Å². The van der Waals surface area contributed by atoms with Crippen LogP contribution < -0.4 is 5.32 Å². The van der Waals surface area contributed by atoms with Gasteiger partial charge in [0.05, 0.1) is 25.2 Å². The van der Waals surface area contributed by atoms with E-state index < -0.39 is 18.2 Å². The Morgan fingerprint density at radius 2 is 0.947 bits per heavy atom. The Morgan fingerprint density at radius 3 is 1.42 bits per heavy atom. The van der Waals surface area contributed by atoms with Gasteiger partial charge < -0.3 is 20.3 Å². The van der Waals surface area contributed by atoms with Crippen molar-refractivity contribution in [2.24, 2.45) is 0 Å². The molecule has 6 nitrogen and oxygen atoms in total. The molecule has 3 N–H and O–H groups in total. The van der Waals surface area contributed by atoms with Crippen LogP contribution in [0, 0.1) is 0 Å². The lowest BCUT2D eigenvalue weighted by atomic mass is 10.0. The van der Waals surface area contributed by atoms with Crippen LogP contribution in [0.25, 0.3) is 0 Å². The number of amides is 1. The normalized spacial score (nSPS) is 13.7. The third-order valence-corrected chi connectivity index (χ3v) is 11.0. The monoisotopic (exact) mass is 800 g/mol. The first-order chi connectivity index (χ1) is 28.0. The van der Waals surface area contributed by atoms with Gasteiger partial charge in [-0.05, 0) is 44.9 Å². The zero-order chi connectivity index (χ0) is 41.7. The van der Waals surface area contributed by atoms with Gasteiger partial charge in [0, 0.05) is 6.42 Å². The molecule has 0 heterocycles. The van der Waals surface area contributed by atoms with Crippen LogP contribution in [0.1, 0.15) is 239 Å². The van der Waals surface area contributed by atoms with Gasteiger partial charge in [0.15, 0.2) is 0 Å². The van der Waals surface area contributed by atoms with Gasteiger partial charge in [-0.15, -0.1) is 0 Å². The second kappa shape index (κ2) is 44.9. The first-order valence-corrected chi connectivity index (χ1v) is 24.4. The molecule has 3 atom stereocenters. The smallest absolute Gasteiger partial charge is 0.306 e. The third-order valence-electron chi connectivity index (χ3n) is 11.0. The molecule has 0 aromatic carbocycles. The standard InChI is InChI=1S/C51H93NO5/c1-4-7-10-13-16-19-22-25-28-31-34-37-40-43-49(54)48(46-53)52-50(55)45-47(42-39-36-33-30-27-24-21-18-15-12-9-6-3)57-51(56)44-41-38-35-32-29-26-23-20-17-14-11-8-5-2/h8,11,14,17,20,23,26,29,47-49,53-54H,4-7,9-10,12-13,15-16,18-19,21-22,24-25,27-28,30-46H2,1-3H3,(H,52,55)/b11-8+,17-14+,23-20-,29-26-. The minimum Gasteiger partial charge on any atom is -0.462 e. The molecule has 3 unspecified atom stereocenters.